The minimum Gasteiger partial charge on any atom is -0.452 e. The van der Waals surface area contributed by atoms with Crippen molar-refractivity contribution in [3.8, 4) is 0 Å². The van der Waals surface area contributed by atoms with Crippen LogP contribution in [0.1, 0.15) is 10.4 Å². The molecule has 2 rings (SSSR count). The lowest BCUT2D eigenvalue weighted by Crippen LogP contribution is -2.37. The predicted octanol–water partition coefficient (Wildman–Crippen LogP) is 1.81. The Morgan fingerprint density at radius 2 is 2.20 bits per heavy atom. The van der Waals surface area contributed by atoms with E-state index in [9.17, 15) is 14.4 Å². The first-order valence-corrected chi connectivity index (χ1v) is 6.86. The SMILES string of the molecule is O=C(OCC(=O)N1CCNC1=O)c1cc(Br)ccc1Cl. The summed E-state index contributed by atoms with van der Waals surface area (Å²) in [5, 5.41) is 2.71. The number of amides is 3. The van der Waals surface area contributed by atoms with Crippen LogP contribution < -0.4 is 5.32 Å². The fraction of sp³-hybridized carbons (Fsp3) is 0.250. The van der Waals surface area contributed by atoms with Crippen LogP contribution in [0.15, 0.2) is 22.7 Å². The largest absolute Gasteiger partial charge is 0.452 e. The minimum atomic E-state index is -0.718. The van der Waals surface area contributed by atoms with E-state index in [0.29, 0.717) is 11.0 Å². The maximum absolute atomic E-state index is 11.8. The van der Waals surface area contributed by atoms with Crippen LogP contribution in [0.25, 0.3) is 0 Å². The number of urea groups is 1. The molecule has 3 amide bonds. The first-order valence-electron chi connectivity index (χ1n) is 5.69. The molecule has 8 heteroatoms. The van der Waals surface area contributed by atoms with Crippen LogP contribution in [-0.2, 0) is 9.53 Å². The van der Waals surface area contributed by atoms with Gasteiger partial charge < -0.3 is 10.1 Å². The zero-order valence-corrected chi connectivity index (χ0v) is 12.5. The Morgan fingerprint density at radius 1 is 1.45 bits per heavy atom. The first-order chi connectivity index (χ1) is 9.49. The van der Waals surface area contributed by atoms with Crippen LogP contribution in [0, 0.1) is 0 Å². The molecule has 1 aliphatic rings. The topological polar surface area (TPSA) is 75.7 Å². The summed E-state index contributed by atoms with van der Waals surface area (Å²) in [6.07, 6.45) is 0. The van der Waals surface area contributed by atoms with E-state index >= 15 is 0 Å². The number of hydrogen-bond acceptors (Lipinski definition) is 4. The standard InChI is InChI=1S/C12H10BrClN2O4/c13-7-1-2-9(14)8(5-7)11(18)20-6-10(17)16-4-3-15-12(16)19/h1-2,5H,3-4,6H2,(H,15,19). The molecule has 0 unspecified atom stereocenters. The highest BCUT2D eigenvalue weighted by Gasteiger charge is 2.27. The molecule has 1 aromatic rings. The van der Waals surface area contributed by atoms with E-state index in [1.165, 1.54) is 12.1 Å². The zero-order chi connectivity index (χ0) is 14.7. The first kappa shape index (κ1) is 14.8. The Hall–Kier alpha value is -1.60. The van der Waals surface area contributed by atoms with Crippen molar-refractivity contribution in [1.29, 1.82) is 0 Å². The van der Waals surface area contributed by atoms with Crippen molar-refractivity contribution in [2.45, 2.75) is 0 Å². The van der Waals surface area contributed by atoms with Crippen LogP contribution in [0.4, 0.5) is 4.79 Å². The molecule has 0 aromatic heterocycles. The van der Waals surface area contributed by atoms with Gasteiger partial charge in [-0.3, -0.25) is 9.69 Å². The molecule has 0 atom stereocenters. The molecule has 0 radical (unpaired) electrons. The number of carbonyl (C=O) groups excluding carboxylic acids is 3. The molecule has 0 aliphatic carbocycles. The van der Waals surface area contributed by atoms with Crippen molar-refractivity contribution in [1.82, 2.24) is 10.2 Å². The molecule has 0 bridgehead atoms. The van der Waals surface area contributed by atoms with Gasteiger partial charge in [0.25, 0.3) is 5.91 Å². The molecule has 1 aliphatic heterocycles. The summed E-state index contributed by atoms with van der Waals surface area (Å²) in [6, 6.07) is 4.24. The molecule has 1 N–H and O–H groups in total. The van der Waals surface area contributed by atoms with Gasteiger partial charge in [0.1, 0.15) is 0 Å². The van der Waals surface area contributed by atoms with E-state index in [2.05, 4.69) is 21.2 Å². The Bertz CT molecular complexity index is 579. The smallest absolute Gasteiger partial charge is 0.340 e. The van der Waals surface area contributed by atoms with Gasteiger partial charge in [0.05, 0.1) is 10.6 Å². The lowest BCUT2D eigenvalue weighted by molar-refractivity contribution is -0.130. The number of ether oxygens (including phenoxy) is 1. The van der Waals surface area contributed by atoms with Crippen molar-refractivity contribution in [3.05, 3.63) is 33.3 Å². The highest BCUT2D eigenvalue weighted by Crippen LogP contribution is 2.21. The quantitative estimate of drug-likeness (QED) is 0.833. The van der Waals surface area contributed by atoms with Gasteiger partial charge in [0, 0.05) is 17.6 Å². The lowest BCUT2D eigenvalue weighted by Gasteiger charge is -2.12. The Labute approximate surface area is 128 Å². The van der Waals surface area contributed by atoms with Crippen molar-refractivity contribution < 1.29 is 19.1 Å². The van der Waals surface area contributed by atoms with Crippen LogP contribution in [-0.4, -0.2) is 42.5 Å². The number of benzene rings is 1. The van der Waals surface area contributed by atoms with Crippen LogP contribution in [0.3, 0.4) is 0 Å². The normalized spacial score (nSPS) is 14.1. The minimum absolute atomic E-state index is 0.153. The van der Waals surface area contributed by atoms with Gasteiger partial charge in [-0.25, -0.2) is 9.59 Å². The van der Waals surface area contributed by atoms with E-state index in [-0.39, 0.29) is 17.1 Å². The molecule has 1 aromatic carbocycles. The average molecular weight is 362 g/mol. The van der Waals surface area contributed by atoms with Crippen molar-refractivity contribution in [2.75, 3.05) is 19.7 Å². The average Bonchev–Trinajstić information content (AvgIpc) is 2.84. The third-order valence-corrected chi connectivity index (χ3v) is 3.46. The fourth-order valence-corrected chi connectivity index (χ4v) is 2.20. The Morgan fingerprint density at radius 3 is 2.85 bits per heavy atom. The fourth-order valence-electron chi connectivity index (χ4n) is 1.65. The van der Waals surface area contributed by atoms with E-state index in [4.69, 9.17) is 16.3 Å². The maximum Gasteiger partial charge on any atom is 0.340 e. The molecule has 1 saturated heterocycles. The third kappa shape index (κ3) is 3.29. The van der Waals surface area contributed by atoms with Gasteiger partial charge in [-0.2, -0.15) is 0 Å². The number of hydrogen-bond donors (Lipinski definition) is 1. The van der Waals surface area contributed by atoms with Gasteiger partial charge in [0.15, 0.2) is 6.61 Å². The number of nitrogens with one attached hydrogen (secondary N) is 1. The zero-order valence-electron chi connectivity index (χ0n) is 10.2. The monoisotopic (exact) mass is 360 g/mol. The van der Waals surface area contributed by atoms with Gasteiger partial charge >= 0.3 is 12.0 Å². The second kappa shape index (κ2) is 6.23. The lowest BCUT2D eigenvalue weighted by atomic mass is 10.2. The second-order valence-electron chi connectivity index (χ2n) is 3.98. The highest BCUT2D eigenvalue weighted by molar-refractivity contribution is 9.10. The highest BCUT2D eigenvalue weighted by atomic mass is 79.9. The molecular weight excluding hydrogens is 351 g/mol. The summed E-state index contributed by atoms with van der Waals surface area (Å²) in [5.41, 5.74) is 0.153. The summed E-state index contributed by atoms with van der Waals surface area (Å²) in [7, 11) is 0. The second-order valence-corrected chi connectivity index (χ2v) is 5.30. The van der Waals surface area contributed by atoms with E-state index in [1.807, 2.05) is 0 Å². The number of carbonyl (C=O) groups is 3. The van der Waals surface area contributed by atoms with Crippen LogP contribution in [0.5, 0.6) is 0 Å². The Balaban J connectivity index is 1.97. The molecule has 1 heterocycles. The van der Waals surface area contributed by atoms with Crippen molar-refractivity contribution in [2.24, 2.45) is 0 Å². The molecule has 6 nitrogen and oxygen atoms in total. The number of esters is 1. The third-order valence-electron chi connectivity index (χ3n) is 2.63. The molecule has 20 heavy (non-hydrogen) atoms. The summed E-state index contributed by atoms with van der Waals surface area (Å²) in [5.74, 6) is -1.29. The number of rotatable bonds is 3. The van der Waals surface area contributed by atoms with Crippen LogP contribution >= 0.6 is 27.5 Å². The molecule has 0 saturated carbocycles. The van der Waals surface area contributed by atoms with Gasteiger partial charge in [0.2, 0.25) is 0 Å². The maximum atomic E-state index is 11.8. The number of imide groups is 1. The van der Waals surface area contributed by atoms with E-state index in [1.54, 1.807) is 6.07 Å². The van der Waals surface area contributed by atoms with Crippen molar-refractivity contribution >= 4 is 45.4 Å². The number of nitrogens with zero attached hydrogens (tertiary/aromatic N) is 1. The van der Waals surface area contributed by atoms with Crippen LogP contribution in [0.2, 0.25) is 5.02 Å². The molecule has 1 fully saturated rings. The summed E-state index contributed by atoms with van der Waals surface area (Å²) < 4.78 is 5.54. The van der Waals surface area contributed by atoms with E-state index < -0.39 is 24.5 Å². The molecule has 0 spiro atoms. The van der Waals surface area contributed by atoms with E-state index in [0.717, 1.165) is 4.90 Å². The van der Waals surface area contributed by atoms with Gasteiger partial charge in [-0.1, -0.05) is 27.5 Å². The molecular formula is C12H10BrClN2O4. The Kier molecular flexibility index (Phi) is 4.61. The summed E-state index contributed by atoms with van der Waals surface area (Å²) >= 11 is 9.09. The molecule has 106 valence electrons. The van der Waals surface area contributed by atoms with Crippen molar-refractivity contribution in [3.63, 3.8) is 0 Å². The number of halogens is 2. The predicted molar refractivity (Wildman–Crippen MR) is 74.5 cm³/mol. The summed E-state index contributed by atoms with van der Waals surface area (Å²) in [6.45, 7) is 0.165. The van der Waals surface area contributed by atoms with Gasteiger partial charge in [-0.15, -0.1) is 0 Å². The summed E-state index contributed by atoms with van der Waals surface area (Å²) in [4.78, 5) is 35.8. The van der Waals surface area contributed by atoms with Gasteiger partial charge in [-0.05, 0) is 18.2 Å².